The summed E-state index contributed by atoms with van der Waals surface area (Å²) in [6.45, 7) is 6.80. The predicted octanol–water partition coefficient (Wildman–Crippen LogP) is 1.42. The molecule has 1 nitrogen and oxygen atoms in total. The average Bonchev–Trinajstić information content (AvgIpc) is 1.87. The summed E-state index contributed by atoms with van der Waals surface area (Å²) in [5.74, 6) is 0. The molecule has 0 bridgehead atoms. The van der Waals surface area contributed by atoms with Crippen LogP contribution in [0.3, 0.4) is 0 Å². The number of hydrogen-bond donors (Lipinski definition) is 0. The van der Waals surface area contributed by atoms with Crippen LogP contribution in [0.1, 0.15) is 32.6 Å². The third-order valence-corrected chi connectivity index (χ3v) is 1.64. The Morgan fingerprint density at radius 2 is 2.10 bits per heavy atom. The maximum Gasteiger partial charge on any atom is 0.0870 e. The molecule has 10 heavy (non-hydrogen) atoms. The Labute approximate surface area is 66.9 Å². The summed E-state index contributed by atoms with van der Waals surface area (Å²) in [5, 5.41) is 0.969. The van der Waals surface area contributed by atoms with Crippen LogP contribution in [0.15, 0.2) is 12.0 Å². The molecule has 0 saturated heterocycles. The minimum absolute atomic E-state index is 0.877. The molecule has 0 aromatic heterocycles. The van der Waals surface area contributed by atoms with Crippen LogP contribution in [0.5, 0.6) is 0 Å². The molecule has 0 aromatic carbocycles. The van der Waals surface area contributed by atoms with Gasteiger partial charge in [-0.05, 0) is 6.42 Å². The van der Waals surface area contributed by atoms with Crippen LogP contribution in [0.4, 0.5) is 0 Å². The second-order valence-corrected chi connectivity index (χ2v) is 3.73. The van der Waals surface area contributed by atoms with Gasteiger partial charge in [-0.1, -0.05) is 32.8 Å². The van der Waals surface area contributed by atoms with Crippen molar-refractivity contribution in [3.05, 3.63) is 12.0 Å². The van der Waals surface area contributed by atoms with Gasteiger partial charge in [0.15, 0.2) is 0 Å². The molecule has 0 atom stereocenters. The molecule has 0 rings (SSSR count). The Morgan fingerprint density at radius 3 is 2.60 bits per heavy atom. The zero-order valence-electron chi connectivity index (χ0n) is 7.15. The number of unbranched alkanes of at least 4 members (excludes halogenated alkanes) is 3. The predicted molar refractivity (Wildman–Crippen MR) is 49.2 cm³/mol. The fraction of sp³-hybridized carbons (Fsp3) is 0.750. The SMILES string of the molecule is C=C([SiH3])OCCCCCC. The second-order valence-electron chi connectivity index (χ2n) is 2.61. The minimum atomic E-state index is 0.877. The summed E-state index contributed by atoms with van der Waals surface area (Å²) >= 11 is 0. The zero-order chi connectivity index (χ0) is 7.82. The number of hydrogen-bond acceptors (Lipinski definition) is 1. The third kappa shape index (κ3) is 7.76. The molecule has 0 aromatic rings. The first-order valence-corrected chi connectivity index (χ1v) is 5.05. The lowest BCUT2D eigenvalue weighted by atomic mass is 10.2. The van der Waals surface area contributed by atoms with Gasteiger partial charge in [0, 0.05) is 0 Å². The molecule has 60 valence electrons. The molecular formula is C8H18OSi. The van der Waals surface area contributed by atoms with Crippen LogP contribution in [0.2, 0.25) is 0 Å². The van der Waals surface area contributed by atoms with Crippen molar-refractivity contribution in [1.29, 1.82) is 0 Å². The average molecular weight is 158 g/mol. The highest BCUT2D eigenvalue weighted by Crippen LogP contribution is 1.99. The molecular weight excluding hydrogens is 140 g/mol. The first kappa shape index (κ1) is 9.76. The van der Waals surface area contributed by atoms with Gasteiger partial charge >= 0.3 is 0 Å². The molecule has 0 N–H and O–H groups in total. The number of ether oxygens (including phenoxy) is 1. The lowest BCUT2D eigenvalue weighted by Crippen LogP contribution is -1.93. The van der Waals surface area contributed by atoms with Gasteiger partial charge in [0.1, 0.15) is 0 Å². The molecule has 0 fully saturated rings. The van der Waals surface area contributed by atoms with E-state index in [0.717, 1.165) is 22.2 Å². The van der Waals surface area contributed by atoms with E-state index in [4.69, 9.17) is 4.74 Å². The summed E-state index contributed by atoms with van der Waals surface area (Å²) in [6, 6.07) is 0. The summed E-state index contributed by atoms with van der Waals surface area (Å²) in [5.41, 5.74) is 0. The fourth-order valence-electron chi connectivity index (χ4n) is 0.775. The van der Waals surface area contributed by atoms with E-state index in [9.17, 15) is 0 Å². The molecule has 0 aliphatic carbocycles. The van der Waals surface area contributed by atoms with E-state index in [1.165, 1.54) is 25.7 Å². The molecule has 0 spiro atoms. The summed E-state index contributed by atoms with van der Waals surface area (Å²) in [4.78, 5) is 0. The van der Waals surface area contributed by atoms with E-state index < -0.39 is 0 Å². The normalized spacial score (nSPS) is 9.70. The Balaban J connectivity index is 2.84. The topological polar surface area (TPSA) is 9.23 Å². The van der Waals surface area contributed by atoms with E-state index >= 15 is 0 Å². The fourth-order valence-corrected chi connectivity index (χ4v) is 0.979. The summed E-state index contributed by atoms with van der Waals surface area (Å²) in [7, 11) is 0.972. The van der Waals surface area contributed by atoms with Gasteiger partial charge in [-0.15, -0.1) is 0 Å². The Kier molecular flexibility index (Phi) is 6.70. The molecule has 0 radical (unpaired) electrons. The Morgan fingerprint density at radius 1 is 1.40 bits per heavy atom. The van der Waals surface area contributed by atoms with Gasteiger partial charge in [-0.2, -0.15) is 0 Å². The summed E-state index contributed by atoms with van der Waals surface area (Å²) < 4.78 is 5.26. The van der Waals surface area contributed by atoms with E-state index in [1.54, 1.807) is 0 Å². The van der Waals surface area contributed by atoms with Gasteiger partial charge < -0.3 is 4.74 Å². The van der Waals surface area contributed by atoms with E-state index in [1.807, 2.05) is 0 Å². The minimum Gasteiger partial charge on any atom is -0.505 e. The highest BCUT2D eigenvalue weighted by molar-refractivity contribution is 6.19. The van der Waals surface area contributed by atoms with Crippen molar-refractivity contribution in [2.45, 2.75) is 32.6 Å². The number of rotatable bonds is 6. The van der Waals surface area contributed by atoms with Crippen molar-refractivity contribution in [2.75, 3.05) is 6.61 Å². The highest BCUT2D eigenvalue weighted by Gasteiger charge is 1.87. The van der Waals surface area contributed by atoms with Gasteiger partial charge in [0.25, 0.3) is 0 Å². The first-order chi connectivity index (χ1) is 4.77. The molecule has 0 heterocycles. The molecule has 0 unspecified atom stereocenters. The van der Waals surface area contributed by atoms with Gasteiger partial charge in [0.2, 0.25) is 0 Å². The molecule has 0 amide bonds. The van der Waals surface area contributed by atoms with Gasteiger partial charge in [-0.3, -0.25) is 0 Å². The Bertz CT molecular complexity index is 91.3. The van der Waals surface area contributed by atoms with E-state index in [0.29, 0.717) is 0 Å². The third-order valence-electron chi connectivity index (χ3n) is 1.35. The zero-order valence-corrected chi connectivity index (χ0v) is 9.15. The molecule has 0 aliphatic heterocycles. The Hall–Kier alpha value is -0.243. The standard InChI is InChI=1S/C8H18OSi/c1-3-4-5-6-7-9-8(2)10/h2-7H2,1,10H3. The lowest BCUT2D eigenvalue weighted by Gasteiger charge is -2.03. The lowest BCUT2D eigenvalue weighted by molar-refractivity contribution is 0.229. The molecule has 2 heteroatoms. The van der Waals surface area contributed by atoms with Gasteiger partial charge in [0.05, 0.1) is 22.2 Å². The van der Waals surface area contributed by atoms with Crippen LogP contribution in [-0.4, -0.2) is 16.8 Å². The van der Waals surface area contributed by atoms with Crippen LogP contribution in [0.25, 0.3) is 0 Å². The van der Waals surface area contributed by atoms with E-state index in [2.05, 4.69) is 13.5 Å². The quantitative estimate of drug-likeness (QED) is 0.323. The van der Waals surface area contributed by atoms with Crippen LogP contribution in [-0.2, 0) is 4.74 Å². The molecule has 0 aliphatic rings. The van der Waals surface area contributed by atoms with Crippen molar-refractivity contribution in [2.24, 2.45) is 0 Å². The van der Waals surface area contributed by atoms with Crippen LogP contribution >= 0.6 is 0 Å². The maximum atomic E-state index is 5.26. The monoisotopic (exact) mass is 158 g/mol. The largest absolute Gasteiger partial charge is 0.505 e. The van der Waals surface area contributed by atoms with Crippen molar-refractivity contribution in [3.63, 3.8) is 0 Å². The maximum absolute atomic E-state index is 5.26. The smallest absolute Gasteiger partial charge is 0.0870 e. The van der Waals surface area contributed by atoms with Crippen molar-refractivity contribution in [3.8, 4) is 0 Å². The highest BCUT2D eigenvalue weighted by atomic mass is 28.1. The summed E-state index contributed by atoms with van der Waals surface area (Å²) in [6.07, 6.45) is 5.11. The van der Waals surface area contributed by atoms with Crippen molar-refractivity contribution < 1.29 is 4.74 Å². The van der Waals surface area contributed by atoms with Crippen molar-refractivity contribution in [1.82, 2.24) is 0 Å². The van der Waals surface area contributed by atoms with Gasteiger partial charge in [-0.25, -0.2) is 0 Å². The second kappa shape index (κ2) is 6.87. The van der Waals surface area contributed by atoms with Crippen molar-refractivity contribution >= 4 is 10.2 Å². The van der Waals surface area contributed by atoms with Crippen LogP contribution in [0, 0.1) is 0 Å². The molecule has 0 saturated carbocycles. The van der Waals surface area contributed by atoms with E-state index in [-0.39, 0.29) is 0 Å². The van der Waals surface area contributed by atoms with Crippen LogP contribution < -0.4 is 0 Å². The first-order valence-electron chi connectivity index (χ1n) is 4.05.